The van der Waals surface area contributed by atoms with Gasteiger partial charge in [-0.3, -0.25) is 0 Å². The smallest absolute Gasteiger partial charge is 0.0229 e. The highest BCUT2D eigenvalue weighted by Gasteiger charge is 2.23. The largest absolute Gasteiger partial charge is 0.324 e. The lowest BCUT2D eigenvalue weighted by Gasteiger charge is -2.30. The Balaban J connectivity index is 2.14. The van der Waals surface area contributed by atoms with Crippen molar-refractivity contribution < 1.29 is 0 Å². The molecule has 0 aromatic rings. The molecule has 0 bridgehead atoms. The summed E-state index contributed by atoms with van der Waals surface area (Å²) in [6.45, 7) is 0. The van der Waals surface area contributed by atoms with E-state index in [1.54, 1.807) is 0 Å². The molecule has 3 atom stereocenters. The highest BCUT2D eigenvalue weighted by Crippen LogP contribution is 2.32. The van der Waals surface area contributed by atoms with Crippen molar-refractivity contribution in [3.63, 3.8) is 0 Å². The Labute approximate surface area is 68.0 Å². The van der Waals surface area contributed by atoms with Crippen LogP contribution in [-0.2, 0) is 0 Å². The van der Waals surface area contributed by atoms with E-state index < -0.39 is 0 Å². The Morgan fingerprint density at radius 1 is 1.09 bits per heavy atom. The summed E-state index contributed by atoms with van der Waals surface area (Å²) in [7, 11) is 0. The molecular formula is C10H15N. The first-order valence-corrected chi connectivity index (χ1v) is 4.47. The van der Waals surface area contributed by atoms with Crippen molar-refractivity contribution in [2.45, 2.75) is 25.3 Å². The van der Waals surface area contributed by atoms with Crippen molar-refractivity contribution in [1.29, 1.82) is 0 Å². The Morgan fingerprint density at radius 3 is 2.91 bits per heavy atom. The minimum absolute atomic E-state index is 0.305. The zero-order valence-electron chi connectivity index (χ0n) is 6.74. The van der Waals surface area contributed by atoms with E-state index in [-0.39, 0.29) is 0 Å². The van der Waals surface area contributed by atoms with Crippen LogP contribution in [0.3, 0.4) is 0 Å². The summed E-state index contributed by atoms with van der Waals surface area (Å²) in [5.41, 5.74) is 5.82. The SMILES string of the molecule is NC1C=C[C@H]2CCC=CC2C1. The van der Waals surface area contributed by atoms with Gasteiger partial charge in [0, 0.05) is 6.04 Å². The molecule has 0 radical (unpaired) electrons. The number of allylic oxidation sites excluding steroid dienone is 3. The maximum Gasteiger partial charge on any atom is 0.0229 e. The van der Waals surface area contributed by atoms with E-state index in [9.17, 15) is 0 Å². The van der Waals surface area contributed by atoms with E-state index >= 15 is 0 Å². The molecular weight excluding hydrogens is 134 g/mol. The first kappa shape index (κ1) is 7.11. The van der Waals surface area contributed by atoms with Crippen LogP contribution in [0.15, 0.2) is 24.3 Å². The molecule has 2 N–H and O–H groups in total. The fraction of sp³-hybridized carbons (Fsp3) is 0.600. The van der Waals surface area contributed by atoms with Gasteiger partial charge < -0.3 is 5.73 Å². The molecule has 0 saturated carbocycles. The fourth-order valence-electron chi connectivity index (χ4n) is 2.09. The molecule has 0 amide bonds. The lowest BCUT2D eigenvalue weighted by Crippen LogP contribution is -2.29. The average molecular weight is 149 g/mol. The molecule has 0 aliphatic heterocycles. The van der Waals surface area contributed by atoms with Crippen LogP contribution in [0.25, 0.3) is 0 Å². The molecule has 2 aliphatic carbocycles. The van der Waals surface area contributed by atoms with Gasteiger partial charge in [0.25, 0.3) is 0 Å². The molecule has 0 heterocycles. The summed E-state index contributed by atoms with van der Waals surface area (Å²) >= 11 is 0. The minimum atomic E-state index is 0.305. The average Bonchev–Trinajstić information content (AvgIpc) is 2.04. The number of fused-ring (bicyclic) bond motifs is 1. The van der Waals surface area contributed by atoms with E-state index in [0.29, 0.717) is 6.04 Å². The van der Waals surface area contributed by atoms with Crippen LogP contribution in [0.5, 0.6) is 0 Å². The maximum atomic E-state index is 5.82. The zero-order chi connectivity index (χ0) is 7.68. The van der Waals surface area contributed by atoms with Crippen LogP contribution >= 0.6 is 0 Å². The standard InChI is InChI=1S/C10H15N/c11-10-6-5-8-3-1-2-4-9(8)7-10/h2,4-6,8-10H,1,3,7,11H2/t8-,9?,10?/m1/s1. The van der Waals surface area contributed by atoms with Crippen LogP contribution in [0.2, 0.25) is 0 Å². The molecule has 1 heteroatoms. The van der Waals surface area contributed by atoms with Gasteiger partial charge in [-0.2, -0.15) is 0 Å². The topological polar surface area (TPSA) is 26.0 Å². The zero-order valence-corrected chi connectivity index (χ0v) is 6.74. The maximum absolute atomic E-state index is 5.82. The van der Waals surface area contributed by atoms with Crippen molar-refractivity contribution >= 4 is 0 Å². The summed E-state index contributed by atoms with van der Waals surface area (Å²) in [6, 6.07) is 0.305. The van der Waals surface area contributed by atoms with Gasteiger partial charge in [0.2, 0.25) is 0 Å². The van der Waals surface area contributed by atoms with Crippen molar-refractivity contribution in [2.75, 3.05) is 0 Å². The third-order valence-electron chi connectivity index (χ3n) is 2.75. The van der Waals surface area contributed by atoms with E-state index in [0.717, 1.165) is 18.3 Å². The molecule has 0 fully saturated rings. The normalized spacial score (nSPS) is 42.1. The monoisotopic (exact) mass is 149 g/mol. The van der Waals surface area contributed by atoms with Crippen molar-refractivity contribution in [3.8, 4) is 0 Å². The van der Waals surface area contributed by atoms with E-state index in [2.05, 4.69) is 24.3 Å². The van der Waals surface area contributed by atoms with Crippen molar-refractivity contribution in [1.82, 2.24) is 0 Å². The molecule has 0 spiro atoms. The van der Waals surface area contributed by atoms with Gasteiger partial charge >= 0.3 is 0 Å². The van der Waals surface area contributed by atoms with Crippen molar-refractivity contribution in [2.24, 2.45) is 17.6 Å². The molecule has 2 rings (SSSR count). The number of nitrogens with two attached hydrogens (primary N) is 1. The predicted molar refractivity (Wildman–Crippen MR) is 47.1 cm³/mol. The second kappa shape index (κ2) is 2.82. The van der Waals surface area contributed by atoms with Gasteiger partial charge in [-0.1, -0.05) is 24.3 Å². The predicted octanol–water partition coefficient (Wildman–Crippen LogP) is 1.86. The van der Waals surface area contributed by atoms with Gasteiger partial charge in [-0.15, -0.1) is 0 Å². The van der Waals surface area contributed by atoms with Gasteiger partial charge in [0.05, 0.1) is 0 Å². The van der Waals surface area contributed by atoms with Gasteiger partial charge in [-0.05, 0) is 31.1 Å². The van der Waals surface area contributed by atoms with E-state index in [1.165, 1.54) is 12.8 Å². The molecule has 0 aromatic heterocycles. The molecule has 1 nitrogen and oxygen atoms in total. The van der Waals surface area contributed by atoms with Gasteiger partial charge in [-0.25, -0.2) is 0 Å². The summed E-state index contributed by atoms with van der Waals surface area (Å²) in [4.78, 5) is 0. The molecule has 2 unspecified atom stereocenters. The number of hydrogen-bond acceptors (Lipinski definition) is 1. The third kappa shape index (κ3) is 1.38. The van der Waals surface area contributed by atoms with E-state index in [1.807, 2.05) is 0 Å². The second-order valence-corrected chi connectivity index (χ2v) is 3.62. The minimum Gasteiger partial charge on any atom is -0.324 e. The van der Waals surface area contributed by atoms with Crippen LogP contribution < -0.4 is 5.73 Å². The van der Waals surface area contributed by atoms with Crippen LogP contribution in [0.1, 0.15) is 19.3 Å². The van der Waals surface area contributed by atoms with Crippen LogP contribution in [0.4, 0.5) is 0 Å². The Morgan fingerprint density at radius 2 is 2.00 bits per heavy atom. The summed E-state index contributed by atoms with van der Waals surface area (Å²) in [5.74, 6) is 1.53. The fourth-order valence-corrected chi connectivity index (χ4v) is 2.09. The van der Waals surface area contributed by atoms with Gasteiger partial charge in [0.1, 0.15) is 0 Å². The molecule has 0 aromatic carbocycles. The summed E-state index contributed by atoms with van der Waals surface area (Å²) in [6.07, 6.45) is 12.8. The van der Waals surface area contributed by atoms with Gasteiger partial charge in [0.15, 0.2) is 0 Å². The summed E-state index contributed by atoms with van der Waals surface area (Å²) < 4.78 is 0. The Kier molecular flexibility index (Phi) is 1.82. The lowest BCUT2D eigenvalue weighted by molar-refractivity contribution is 0.373. The first-order valence-electron chi connectivity index (χ1n) is 4.47. The molecule has 60 valence electrons. The third-order valence-corrected chi connectivity index (χ3v) is 2.75. The number of hydrogen-bond donors (Lipinski definition) is 1. The quantitative estimate of drug-likeness (QED) is 0.523. The van der Waals surface area contributed by atoms with Crippen molar-refractivity contribution in [3.05, 3.63) is 24.3 Å². The highest BCUT2D eigenvalue weighted by molar-refractivity contribution is 5.11. The van der Waals surface area contributed by atoms with E-state index in [4.69, 9.17) is 5.73 Å². The number of rotatable bonds is 0. The molecule has 11 heavy (non-hydrogen) atoms. The summed E-state index contributed by atoms with van der Waals surface area (Å²) in [5, 5.41) is 0. The Hall–Kier alpha value is -0.560. The highest BCUT2D eigenvalue weighted by atomic mass is 14.6. The van der Waals surface area contributed by atoms with Crippen LogP contribution in [-0.4, -0.2) is 6.04 Å². The Bertz CT molecular complexity index is 193. The lowest BCUT2D eigenvalue weighted by atomic mass is 9.77. The van der Waals surface area contributed by atoms with Crippen LogP contribution in [0, 0.1) is 11.8 Å². The molecule has 2 aliphatic rings. The molecule has 0 saturated heterocycles. The first-order chi connectivity index (χ1) is 5.36. The second-order valence-electron chi connectivity index (χ2n) is 3.62.